The molecule has 1 aliphatic heterocycles. The summed E-state index contributed by atoms with van der Waals surface area (Å²) in [5.74, 6) is 0. The highest BCUT2D eigenvalue weighted by molar-refractivity contribution is 5.27. The molecule has 1 heterocycles. The topological polar surface area (TPSA) is 32.8 Å². The van der Waals surface area contributed by atoms with E-state index in [1.165, 1.54) is 12.1 Å². The van der Waals surface area contributed by atoms with E-state index < -0.39 is 17.8 Å². The van der Waals surface area contributed by atoms with Gasteiger partial charge in [0.1, 0.15) is 0 Å². The first-order chi connectivity index (χ1) is 7.47. The van der Waals surface area contributed by atoms with Crippen LogP contribution < -0.4 is 0 Å². The number of halogens is 3. The maximum atomic E-state index is 12.4. The van der Waals surface area contributed by atoms with Crippen LogP contribution in [-0.2, 0) is 10.9 Å². The molecule has 1 saturated heterocycles. The minimum Gasteiger partial charge on any atom is -0.388 e. The smallest absolute Gasteiger partial charge is 0.388 e. The van der Waals surface area contributed by atoms with E-state index in [-0.39, 0.29) is 11.7 Å². The van der Waals surface area contributed by atoms with Crippen molar-refractivity contribution in [3.63, 3.8) is 0 Å². The molecular weight excluding hydrogens is 221 g/mol. The lowest BCUT2D eigenvalue weighted by Crippen LogP contribution is -2.07. The second kappa shape index (κ2) is 4.07. The van der Waals surface area contributed by atoms with Crippen molar-refractivity contribution >= 4 is 0 Å². The molecule has 5 heteroatoms. The first kappa shape index (κ1) is 11.4. The summed E-state index contributed by atoms with van der Waals surface area (Å²) in [6, 6.07) is 4.76. The van der Waals surface area contributed by atoms with Crippen molar-refractivity contribution in [1.82, 2.24) is 0 Å². The third-order valence-corrected chi connectivity index (χ3v) is 2.49. The highest BCUT2D eigenvalue weighted by Crippen LogP contribution is 2.32. The summed E-state index contributed by atoms with van der Waals surface area (Å²) in [6.07, 6.45) is -4.92. The van der Waals surface area contributed by atoms with Gasteiger partial charge in [0.25, 0.3) is 0 Å². The number of benzene rings is 1. The molecule has 0 spiro atoms. The van der Waals surface area contributed by atoms with Gasteiger partial charge >= 0.3 is 6.18 Å². The van der Waals surface area contributed by atoms with Crippen LogP contribution in [0.3, 0.4) is 0 Å². The Bertz CT molecular complexity index is 372. The van der Waals surface area contributed by atoms with Crippen molar-refractivity contribution in [2.75, 3.05) is 6.61 Å². The molecule has 2 unspecified atom stereocenters. The van der Waals surface area contributed by atoms with Crippen LogP contribution in [0.1, 0.15) is 23.7 Å². The number of hydrogen-bond donors (Lipinski definition) is 1. The molecule has 88 valence electrons. The molecular formula is C11H11F3O2. The van der Waals surface area contributed by atoms with Gasteiger partial charge in [-0.25, -0.2) is 0 Å². The summed E-state index contributed by atoms with van der Waals surface area (Å²) in [5, 5.41) is 9.67. The molecule has 1 aromatic rings. The van der Waals surface area contributed by atoms with E-state index in [2.05, 4.69) is 0 Å². The number of alkyl halides is 3. The monoisotopic (exact) mass is 232 g/mol. The summed E-state index contributed by atoms with van der Waals surface area (Å²) in [6.45, 7) is 0.579. The molecule has 0 radical (unpaired) electrons. The van der Waals surface area contributed by atoms with E-state index in [0.29, 0.717) is 13.0 Å². The molecule has 2 nitrogen and oxygen atoms in total. The van der Waals surface area contributed by atoms with Gasteiger partial charge in [0, 0.05) is 6.42 Å². The van der Waals surface area contributed by atoms with Crippen LogP contribution in [0, 0.1) is 0 Å². The molecule has 1 aliphatic rings. The zero-order valence-corrected chi connectivity index (χ0v) is 8.37. The van der Waals surface area contributed by atoms with E-state index in [9.17, 15) is 18.3 Å². The van der Waals surface area contributed by atoms with Gasteiger partial charge in [-0.3, -0.25) is 0 Å². The zero-order valence-electron chi connectivity index (χ0n) is 8.37. The quantitative estimate of drug-likeness (QED) is 0.812. The Kier molecular flexibility index (Phi) is 2.90. The number of aliphatic hydroxyl groups is 1. The predicted molar refractivity (Wildman–Crippen MR) is 50.8 cm³/mol. The van der Waals surface area contributed by atoms with Gasteiger partial charge in [-0.1, -0.05) is 12.1 Å². The number of aliphatic hydroxyl groups excluding tert-OH is 1. The van der Waals surface area contributed by atoms with Gasteiger partial charge in [-0.05, 0) is 17.7 Å². The van der Waals surface area contributed by atoms with E-state index in [4.69, 9.17) is 4.74 Å². The molecule has 1 aromatic carbocycles. The van der Waals surface area contributed by atoms with Crippen LogP contribution in [0.25, 0.3) is 0 Å². The van der Waals surface area contributed by atoms with Gasteiger partial charge in [0.15, 0.2) is 0 Å². The fourth-order valence-corrected chi connectivity index (χ4v) is 1.51. The van der Waals surface area contributed by atoms with Gasteiger partial charge in [-0.15, -0.1) is 0 Å². The second-order valence-corrected chi connectivity index (χ2v) is 3.83. The Hall–Kier alpha value is -1.07. The molecule has 0 aromatic heterocycles. The summed E-state index contributed by atoms with van der Waals surface area (Å²) in [7, 11) is 0. The van der Waals surface area contributed by atoms with Crippen LogP contribution in [0.5, 0.6) is 0 Å². The molecule has 1 N–H and O–H groups in total. The Balaban J connectivity index is 2.14. The van der Waals surface area contributed by atoms with Gasteiger partial charge in [0.2, 0.25) is 0 Å². The van der Waals surface area contributed by atoms with Crippen LogP contribution >= 0.6 is 0 Å². The Morgan fingerprint density at radius 1 is 1.44 bits per heavy atom. The summed E-state index contributed by atoms with van der Waals surface area (Å²) in [4.78, 5) is 0. The van der Waals surface area contributed by atoms with Crippen LogP contribution in [0.4, 0.5) is 13.2 Å². The summed E-state index contributed by atoms with van der Waals surface area (Å²) >= 11 is 0. The van der Waals surface area contributed by atoms with Crippen molar-refractivity contribution in [2.24, 2.45) is 0 Å². The minimum absolute atomic E-state index is 0.00968. The molecule has 1 fully saturated rings. The average molecular weight is 232 g/mol. The molecule has 2 atom stereocenters. The molecule has 0 amide bonds. The minimum atomic E-state index is -4.37. The van der Waals surface area contributed by atoms with Gasteiger partial charge in [-0.2, -0.15) is 13.2 Å². The van der Waals surface area contributed by atoms with Crippen molar-refractivity contribution in [3.8, 4) is 0 Å². The van der Waals surface area contributed by atoms with E-state index in [0.717, 1.165) is 12.1 Å². The van der Waals surface area contributed by atoms with Crippen molar-refractivity contribution in [2.45, 2.75) is 24.8 Å². The van der Waals surface area contributed by atoms with Gasteiger partial charge in [0.05, 0.1) is 24.4 Å². The second-order valence-electron chi connectivity index (χ2n) is 3.83. The van der Waals surface area contributed by atoms with E-state index in [1.54, 1.807) is 0 Å². The van der Waals surface area contributed by atoms with Crippen LogP contribution in [0.15, 0.2) is 24.3 Å². The van der Waals surface area contributed by atoms with Crippen molar-refractivity contribution in [3.05, 3.63) is 35.4 Å². The number of hydrogen-bond acceptors (Lipinski definition) is 2. The van der Waals surface area contributed by atoms with Gasteiger partial charge < -0.3 is 9.84 Å². The number of rotatable bonds is 3. The summed E-state index contributed by atoms with van der Waals surface area (Å²) < 4.78 is 42.1. The Morgan fingerprint density at radius 3 is 2.69 bits per heavy atom. The number of epoxide rings is 1. The predicted octanol–water partition coefficient (Wildman–Crippen LogP) is 2.53. The molecule has 0 bridgehead atoms. The van der Waals surface area contributed by atoms with Crippen LogP contribution in [-0.4, -0.2) is 17.8 Å². The lowest BCUT2D eigenvalue weighted by Gasteiger charge is -2.12. The fraction of sp³-hybridized carbons (Fsp3) is 0.455. The Morgan fingerprint density at radius 2 is 2.12 bits per heavy atom. The normalized spacial score (nSPS) is 21.9. The third kappa shape index (κ3) is 2.74. The van der Waals surface area contributed by atoms with Crippen molar-refractivity contribution < 1.29 is 23.0 Å². The summed E-state index contributed by atoms with van der Waals surface area (Å²) in [5.41, 5.74) is -0.453. The molecule has 16 heavy (non-hydrogen) atoms. The fourth-order valence-electron chi connectivity index (χ4n) is 1.51. The standard InChI is InChI=1S/C11H11F3O2/c12-11(13,14)8-3-1-2-7(4-8)10(15)5-9-6-16-9/h1-4,9-10,15H,5-6H2. The SMILES string of the molecule is OC(CC1CO1)c1cccc(C(F)(F)F)c1. The van der Waals surface area contributed by atoms with Crippen LogP contribution in [0.2, 0.25) is 0 Å². The zero-order chi connectivity index (χ0) is 11.8. The highest BCUT2D eigenvalue weighted by Gasteiger charge is 2.32. The lowest BCUT2D eigenvalue weighted by atomic mass is 10.0. The first-order valence-corrected chi connectivity index (χ1v) is 4.93. The molecule has 0 saturated carbocycles. The maximum absolute atomic E-state index is 12.4. The van der Waals surface area contributed by atoms with E-state index in [1.807, 2.05) is 0 Å². The van der Waals surface area contributed by atoms with Crippen molar-refractivity contribution in [1.29, 1.82) is 0 Å². The average Bonchev–Trinajstić information content (AvgIpc) is 3.00. The Labute approximate surface area is 90.7 Å². The number of ether oxygens (including phenoxy) is 1. The molecule has 0 aliphatic carbocycles. The lowest BCUT2D eigenvalue weighted by molar-refractivity contribution is -0.137. The molecule has 2 rings (SSSR count). The highest BCUT2D eigenvalue weighted by atomic mass is 19.4. The third-order valence-electron chi connectivity index (χ3n) is 2.49. The first-order valence-electron chi connectivity index (χ1n) is 4.93. The largest absolute Gasteiger partial charge is 0.416 e. The van der Waals surface area contributed by atoms with E-state index >= 15 is 0 Å². The maximum Gasteiger partial charge on any atom is 0.416 e.